The van der Waals surface area contributed by atoms with Crippen LogP contribution in [-0.4, -0.2) is 0 Å². The van der Waals surface area contributed by atoms with Crippen LogP contribution in [0.2, 0.25) is 0 Å². The van der Waals surface area contributed by atoms with Crippen LogP contribution in [0.5, 0.6) is 0 Å². The number of fused-ring (bicyclic) bond motifs is 1. The summed E-state index contributed by atoms with van der Waals surface area (Å²) in [6.07, 6.45) is 0.676. The quantitative estimate of drug-likeness (QED) is 0.867. The summed E-state index contributed by atoms with van der Waals surface area (Å²) in [7, 11) is 0. The molecule has 98 valence electrons. The molecular formula is C15H14F2N2. The van der Waals surface area contributed by atoms with Crippen molar-refractivity contribution in [3.63, 3.8) is 0 Å². The van der Waals surface area contributed by atoms with Gasteiger partial charge in [0.2, 0.25) is 0 Å². The SMILES string of the molecule is NC1CC(Nc2cccc(F)c2F)c2ccccc21. The second-order valence-electron chi connectivity index (χ2n) is 4.77. The molecule has 1 aliphatic rings. The summed E-state index contributed by atoms with van der Waals surface area (Å²) in [5.74, 6) is -1.69. The second kappa shape index (κ2) is 4.63. The van der Waals surface area contributed by atoms with Crippen molar-refractivity contribution in [3.8, 4) is 0 Å². The first-order valence-corrected chi connectivity index (χ1v) is 6.22. The third kappa shape index (κ3) is 2.08. The number of benzene rings is 2. The van der Waals surface area contributed by atoms with Crippen LogP contribution in [0.1, 0.15) is 29.6 Å². The molecule has 2 aromatic carbocycles. The Labute approximate surface area is 110 Å². The molecule has 2 unspecified atom stereocenters. The van der Waals surface area contributed by atoms with Gasteiger partial charge in [0.25, 0.3) is 0 Å². The van der Waals surface area contributed by atoms with Crippen LogP contribution >= 0.6 is 0 Å². The summed E-state index contributed by atoms with van der Waals surface area (Å²) < 4.78 is 26.8. The zero-order chi connectivity index (χ0) is 13.4. The maximum absolute atomic E-state index is 13.7. The molecule has 3 N–H and O–H groups in total. The fourth-order valence-electron chi connectivity index (χ4n) is 2.61. The van der Waals surface area contributed by atoms with E-state index in [1.807, 2.05) is 24.3 Å². The van der Waals surface area contributed by atoms with Crippen molar-refractivity contribution in [2.24, 2.45) is 5.73 Å². The minimum absolute atomic E-state index is 0.0645. The lowest BCUT2D eigenvalue weighted by Gasteiger charge is -2.16. The zero-order valence-corrected chi connectivity index (χ0v) is 10.2. The van der Waals surface area contributed by atoms with Gasteiger partial charge in [0.05, 0.1) is 11.7 Å². The molecule has 0 fully saturated rings. The highest BCUT2D eigenvalue weighted by Crippen LogP contribution is 2.39. The van der Waals surface area contributed by atoms with Crippen LogP contribution in [0, 0.1) is 11.6 Å². The molecule has 0 heterocycles. The number of nitrogens with one attached hydrogen (secondary N) is 1. The van der Waals surface area contributed by atoms with E-state index in [0.717, 1.165) is 17.2 Å². The maximum Gasteiger partial charge on any atom is 0.181 e. The predicted octanol–water partition coefficient (Wildman–Crippen LogP) is 3.52. The highest BCUT2D eigenvalue weighted by atomic mass is 19.2. The van der Waals surface area contributed by atoms with Gasteiger partial charge in [-0.25, -0.2) is 8.78 Å². The van der Waals surface area contributed by atoms with Gasteiger partial charge in [0.1, 0.15) is 0 Å². The first-order chi connectivity index (χ1) is 9.16. The Kier molecular flexibility index (Phi) is 2.95. The van der Waals surface area contributed by atoms with E-state index in [4.69, 9.17) is 5.73 Å². The summed E-state index contributed by atoms with van der Waals surface area (Å²) in [5.41, 5.74) is 8.35. The number of hydrogen-bond donors (Lipinski definition) is 2. The van der Waals surface area contributed by atoms with Gasteiger partial charge in [-0.2, -0.15) is 0 Å². The lowest BCUT2D eigenvalue weighted by molar-refractivity contribution is 0.509. The Morgan fingerprint density at radius 3 is 2.53 bits per heavy atom. The Morgan fingerprint density at radius 1 is 1.00 bits per heavy atom. The van der Waals surface area contributed by atoms with Crippen LogP contribution in [0.4, 0.5) is 14.5 Å². The Morgan fingerprint density at radius 2 is 1.74 bits per heavy atom. The molecule has 0 saturated carbocycles. The highest BCUT2D eigenvalue weighted by molar-refractivity contribution is 5.50. The van der Waals surface area contributed by atoms with Crippen molar-refractivity contribution in [1.82, 2.24) is 0 Å². The standard InChI is InChI=1S/C15H14F2N2/c16-11-6-3-7-13(15(11)17)19-14-8-12(18)9-4-1-2-5-10(9)14/h1-7,12,14,19H,8,18H2. The van der Waals surface area contributed by atoms with Gasteiger partial charge < -0.3 is 11.1 Å². The van der Waals surface area contributed by atoms with E-state index in [1.54, 1.807) is 0 Å². The lowest BCUT2D eigenvalue weighted by Crippen LogP contribution is -2.11. The van der Waals surface area contributed by atoms with Crippen molar-refractivity contribution in [2.45, 2.75) is 18.5 Å². The molecule has 0 radical (unpaired) electrons. The highest BCUT2D eigenvalue weighted by Gasteiger charge is 2.28. The molecule has 2 aromatic rings. The first kappa shape index (κ1) is 12.1. The number of halogens is 2. The van der Waals surface area contributed by atoms with Crippen molar-refractivity contribution in [3.05, 3.63) is 65.2 Å². The third-order valence-electron chi connectivity index (χ3n) is 3.54. The van der Waals surface area contributed by atoms with Gasteiger partial charge in [-0.05, 0) is 29.7 Å². The molecule has 0 bridgehead atoms. The molecule has 3 rings (SSSR count). The van der Waals surface area contributed by atoms with Crippen LogP contribution in [0.25, 0.3) is 0 Å². The monoisotopic (exact) mass is 260 g/mol. The predicted molar refractivity (Wildman–Crippen MR) is 70.7 cm³/mol. The molecular weight excluding hydrogens is 246 g/mol. The average Bonchev–Trinajstić information content (AvgIpc) is 2.73. The molecule has 4 heteroatoms. The van der Waals surface area contributed by atoms with E-state index < -0.39 is 11.6 Å². The van der Waals surface area contributed by atoms with Crippen LogP contribution in [-0.2, 0) is 0 Å². The van der Waals surface area contributed by atoms with Crippen molar-refractivity contribution < 1.29 is 8.78 Å². The summed E-state index contributed by atoms with van der Waals surface area (Å²) in [5, 5.41) is 3.04. The summed E-state index contributed by atoms with van der Waals surface area (Å²) >= 11 is 0. The third-order valence-corrected chi connectivity index (χ3v) is 3.54. The molecule has 0 saturated heterocycles. The van der Waals surface area contributed by atoms with E-state index >= 15 is 0 Å². The Bertz CT molecular complexity index is 613. The van der Waals surface area contributed by atoms with Gasteiger partial charge in [0, 0.05) is 6.04 Å². The van der Waals surface area contributed by atoms with Crippen molar-refractivity contribution in [2.75, 3.05) is 5.32 Å². The fourth-order valence-corrected chi connectivity index (χ4v) is 2.61. The van der Waals surface area contributed by atoms with Gasteiger partial charge in [0.15, 0.2) is 11.6 Å². The van der Waals surface area contributed by atoms with Crippen LogP contribution in [0.3, 0.4) is 0 Å². The van der Waals surface area contributed by atoms with Crippen LogP contribution in [0.15, 0.2) is 42.5 Å². The van der Waals surface area contributed by atoms with E-state index in [-0.39, 0.29) is 17.8 Å². The number of hydrogen-bond acceptors (Lipinski definition) is 2. The summed E-state index contributed by atoms with van der Waals surface area (Å²) in [4.78, 5) is 0. The van der Waals surface area contributed by atoms with Crippen molar-refractivity contribution in [1.29, 1.82) is 0 Å². The Balaban J connectivity index is 1.91. The van der Waals surface area contributed by atoms with Crippen LogP contribution < -0.4 is 11.1 Å². The zero-order valence-electron chi connectivity index (χ0n) is 10.2. The lowest BCUT2D eigenvalue weighted by atomic mass is 10.1. The van der Waals surface area contributed by atoms with Gasteiger partial charge in [-0.3, -0.25) is 0 Å². The number of rotatable bonds is 2. The maximum atomic E-state index is 13.7. The Hall–Kier alpha value is -1.94. The molecule has 1 aliphatic carbocycles. The van der Waals surface area contributed by atoms with E-state index in [2.05, 4.69) is 5.32 Å². The smallest absolute Gasteiger partial charge is 0.181 e. The molecule has 0 spiro atoms. The number of nitrogens with two attached hydrogens (primary N) is 1. The summed E-state index contributed by atoms with van der Waals surface area (Å²) in [6.45, 7) is 0. The molecule has 0 aromatic heterocycles. The van der Waals surface area contributed by atoms with Gasteiger partial charge >= 0.3 is 0 Å². The molecule has 2 nitrogen and oxygen atoms in total. The molecule has 19 heavy (non-hydrogen) atoms. The number of anilines is 1. The van der Waals surface area contributed by atoms with E-state index in [0.29, 0.717) is 6.42 Å². The minimum Gasteiger partial charge on any atom is -0.376 e. The van der Waals surface area contributed by atoms with E-state index in [1.165, 1.54) is 12.1 Å². The molecule has 0 amide bonds. The topological polar surface area (TPSA) is 38.0 Å². The van der Waals surface area contributed by atoms with Gasteiger partial charge in [-0.1, -0.05) is 30.3 Å². The average molecular weight is 260 g/mol. The molecule has 0 aliphatic heterocycles. The minimum atomic E-state index is -0.847. The van der Waals surface area contributed by atoms with Gasteiger partial charge in [-0.15, -0.1) is 0 Å². The summed E-state index contributed by atoms with van der Waals surface area (Å²) in [6, 6.07) is 11.8. The first-order valence-electron chi connectivity index (χ1n) is 6.22. The largest absolute Gasteiger partial charge is 0.376 e. The second-order valence-corrected chi connectivity index (χ2v) is 4.77. The molecule has 2 atom stereocenters. The van der Waals surface area contributed by atoms with Crippen molar-refractivity contribution >= 4 is 5.69 Å². The van der Waals surface area contributed by atoms with E-state index in [9.17, 15) is 8.78 Å². The normalized spacial score (nSPS) is 21.2. The fraction of sp³-hybridized carbons (Fsp3) is 0.200.